The van der Waals surface area contributed by atoms with E-state index in [0.717, 1.165) is 18.4 Å². The molecule has 1 N–H and O–H groups in total. The summed E-state index contributed by atoms with van der Waals surface area (Å²) in [4.78, 5) is 8.67. The monoisotopic (exact) mass is 332 g/mol. The lowest BCUT2D eigenvalue weighted by Gasteiger charge is -2.32. The molecule has 1 aromatic heterocycles. The fraction of sp³-hybridized carbons (Fsp3) is 0.692. The van der Waals surface area contributed by atoms with Gasteiger partial charge in [0.1, 0.15) is 16.8 Å². The summed E-state index contributed by atoms with van der Waals surface area (Å²) in [6.45, 7) is 4.88. The minimum absolute atomic E-state index is 0.0443. The van der Waals surface area contributed by atoms with Gasteiger partial charge in [-0.15, -0.1) is 0 Å². The summed E-state index contributed by atoms with van der Waals surface area (Å²) in [6, 6.07) is 0.0443. The molecule has 0 spiro atoms. The summed E-state index contributed by atoms with van der Waals surface area (Å²) in [5.74, 6) is 1.39. The van der Waals surface area contributed by atoms with E-state index >= 15 is 0 Å². The van der Waals surface area contributed by atoms with Gasteiger partial charge in [-0.1, -0.05) is 18.5 Å². The van der Waals surface area contributed by atoms with Crippen LogP contribution in [0.4, 0.5) is 5.82 Å². The molecule has 8 heteroatoms. The number of halogens is 1. The zero-order chi connectivity index (χ0) is 15.6. The minimum atomic E-state index is -3.15. The quantitative estimate of drug-likeness (QED) is 0.851. The van der Waals surface area contributed by atoms with Crippen molar-refractivity contribution in [3.05, 3.63) is 16.5 Å². The first kappa shape index (κ1) is 16.5. The summed E-state index contributed by atoms with van der Waals surface area (Å²) in [5.41, 5.74) is 0.797. The highest BCUT2D eigenvalue weighted by atomic mass is 35.5. The van der Waals surface area contributed by atoms with Gasteiger partial charge >= 0.3 is 0 Å². The molecule has 118 valence electrons. The molecule has 0 bridgehead atoms. The number of sulfonamides is 1. The Morgan fingerprint density at radius 2 is 2.14 bits per heavy atom. The van der Waals surface area contributed by atoms with Crippen LogP contribution in [0.1, 0.15) is 31.2 Å². The van der Waals surface area contributed by atoms with Gasteiger partial charge in [0.05, 0.1) is 6.26 Å². The van der Waals surface area contributed by atoms with Crippen LogP contribution in [-0.4, -0.2) is 48.1 Å². The fourth-order valence-corrected chi connectivity index (χ4v) is 3.48. The number of piperidine rings is 1. The van der Waals surface area contributed by atoms with Crippen molar-refractivity contribution in [1.29, 1.82) is 0 Å². The van der Waals surface area contributed by atoms with E-state index in [4.69, 9.17) is 11.6 Å². The molecule has 1 atom stereocenters. The van der Waals surface area contributed by atoms with E-state index < -0.39 is 10.0 Å². The van der Waals surface area contributed by atoms with Crippen LogP contribution in [0.3, 0.4) is 0 Å². The summed E-state index contributed by atoms with van der Waals surface area (Å²) in [7, 11) is -3.15. The van der Waals surface area contributed by atoms with E-state index in [-0.39, 0.29) is 6.04 Å². The van der Waals surface area contributed by atoms with Gasteiger partial charge in [-0.2, -0.15) is 0 Å². The van der Waals surface area contributed by atoms with Gasteiger partial charge in [0.2, 0.25) is 10.0 Å². The lowest BCUT2D eigenvalue weighted by Crippen LogP contribution is -2.44. The van der Waals surface area contributed by atoms with E-state index in [0.29, 0.717) is 36.3 Å². The van der Waals surface area contributed by atoms with Crippen LogP contribution in [-0.2, 0) is 16.4 Å². The average molecular weight is 333 g/mol. The Labute approximate surface area is 131 Å². The first-order valence-corrected chi connectivity index (χ1v) is 9.28. The van der Waals surface area contributed by atoms with Crippen LogP contribution in [0.5, 0.6) is 0 Å². The highest BCUT2D eigenvalue weighted by Crippen LogP contribution is 2.23. The van der Waals surface area contributed by atoms with E-state index in [2.05, 4.69) is 15.3 Å². The number of nitrogens with one attached hydrogen (secondary N) is 1. The van der Waals surface area contributed by atoms with Crippen molar-refractivity contribution in [2.45, 2.75) is 39.2 Å². The van der Waals surface area contributed by atoms with Gasteiger partial charge in [-0.3, -0.25) is 0 Å². The predicted octanol–water partition coefficient (Wildman–Crippen LogP) is 1.84. The average Bonchev–Trinajstić information content (AvgIpc) is 2.43. The topological polar surface area (TPSA) is 75.2 Å². The highest BCUT2D eigenvalue weighted by molar-refractivity contribution is 7.88. The van der Waals surface area contributed by atoms with Crippen molar-refractivity contribution < 1.29 is 8.42 Å². The predicted molar refractivity (Wildman–Crippen MR) is 84.2 cm³/mol. The van der Waals surface area contributed by atoms with Crippen molar-refractivity contribution in [2.24, 2.45) is 0 Å². The zero-order valence-electron chi connectivity index (χ0n) is 12.6. The molecular weight excluding hydrogens is 312 g/mol. The second kappa shape index (κ2) is 6.46. The number of hydrogen-bond donors (Lipinski definition) is 1. The zero-order valence-corrected chi connectivity index (χ0v) is 14.1. The summed E-state index contributed by atoms with van der Waals surface area (Å²) in [5, 5.41) is 3.77. The van der Waals surface area contributed by atoms with Gasteiger partial charge in [-0.25, -0.2) is 22.7 Å². The number of aryl methyl sites for hydroxylation is 1. The maximum absolute atomic E-state index is 11.7. The first-order chi connectivity index (χ1) is 9.81. The second-order valence-electron chi connectivity index (χ2n) is 5.36. The lowest BCUT2D eigenvalue weighted by atomic mass is 10.1. The highest BCUT2D eigenvalue weighted by Gasteiger charge is 2.26. The number of rotatable bonds is 4. The van der Waals surface area contributed by atoms with E-state index in [1.807, 2.05) is 13.8 Å². The third kappa shape index (κ3) is 4.05. The number of nitrogens with zero attached hydrogens (tertiary/aromatic N) is 3. The third-order valence-corrected chi connectivity index (χ3v) is 5.28. The number of hydrogen-bond acceptors (Lipinski definition) is 5. The van der Waals surface area contributed by atoms with Gasteiger partial charge in [0.15, 0.2) is 0 Å². The van der Waals surface area contributed by atoms with E-state index in [1.54, 1.807) is 0 Å². The maximum atomic E-state index is 11.7. The van der Waals surface area contributed by atoms with Crippen LogP contribution >= 0.6 is 11.6 Å². The molecule has 0 unspecified atom stereocenters. The summed E-state index contributed by atoms with van der Waals surface area (Å²) >= 11 is 6.12. The standard InChI is InChI=1S/C13H21ClN4O2S/c1-4-11-16-12(14)9(2)13(17-11)15-10-6-5-7-18(8-10)21(3,19)20/h10H,4-8H2,1-3H3,(H,15,16,17)/t10-/m0/s1. The summed E-state index contributed by atoms with van der Waals surface area (Å²) < 4.78 is 24.8. The van der Waals surface area contributed by atoms with Gasteiger partial charge in [-0.05, 0) is 19.8 Å². The molecule has 0 aromatic carbocycles. The van der Waals surface area contributed by atoms with E-state index in [1.165, 1.54) is 10.6 Å². The minimum Gasteiger partial charge on any atom is -0.366 e. The number of anilines is 1. The molecule has 1 aliphatic rings. The van der Waals surface area contributed by atoms with Crippen LogP contribution in [0, 0.1) is 6.92 Å². The second-order valence-corrected chi connectivity index (χ2v) is 7.70. The van der Waals surface area contributed by atoms with Gasteiger partial charge in [0, 0.05) is 31.1 Å². The van der Waals surface area contributed by atoms with Gasteiger partial charge < -0.3 is 5.32 Å². The SMILES string of the molecule is CCc1nc(Cl)c(C)c(N[C@H]2CCCN(S(C)(=O)=O)C2)n1. The van der Waals surface area contributed by atoms with Crippen molar-refractivity contribution >= 4 is 27.4 Å². The molecule has 0 aliphatic carbocycles. The van der Waals surface area contributed by atoms with Crippen LogP contribution in [0.15, 0.2) is 0 Å². The Balaban J connectivity index is 2.16. The molecule has 1 aliphatic heterocycles. The Kier molecular flexibility index (Phi) is 5.06. The molecule has 1 aromatic rings. The third-order valence-electron chi connectivity index (χ3n) is 3.64. The molecule has 6 nitrogen and oxygen atoms in total. The van der Waals surface area contributed by atoms with Crippen molar-refractivity contribution in [3.63, 3.8) is 0 Å². The Morgan fingerprint density at radius 1 is 1.43 bits per heavy atom. The lowest BCUT2D eigenvalue weighted by molar-refractivity contribution is 0.329. The largest absolute Gasteiger partial charge is 0.366 e. The van der Waals surface area contributed by atoms with Crippen LogP contribution in [0.2, 0.25) is 5.15 Å². The van der Waals surface area contributed by atoms with Crippen molar-refractivity contribution in [2.75, 3.05) is 24.7 Å². The molecule has 0 saturated carbocycles. The van der Waals surface area contributed by atoms with Crippen molar-refractivity contribution in [3.8, 4) is 0 Å². The van der Waals surface area contributed by atoms with Gasteiger partial charge in [0.25, 0.3) is 0 Å². The van der Waals surface area contributed by atoms with Crippen LogP contribution < -0.4 is 5.32 Å². The molecular formula is C13H21ClN4O2S. The fourth-order valence-electron chi connectivity index (χ4n) is 2.39. The van der Waals surface area contributed by atoms with Crippen LogP contribution in [0.25, 0.3) is 0 Å². The molecule has 2 rings (SSSR count). The molecule has 21 heavy (non-hydrogen) atoms. The number of aromatic nitrogens is 2. The molecule has 2 heterocycles. The Morgan fingerprint density at radius 3 is 2.76 bits per heavy atom. The molecule has 1 fully saturated rings. The molecule has 0 radical (unpaired) electrons. The Bertz CT molecular complexity index is 621. The van der Waals surface area contributed by atoms with E-state index in [9.17, 15) is 8.42 Å². The molecule has 1 saturated heterocycles. The van der Waals surface area contributed by atoms with Crippen molar-refractivity contribution in [1.82, 2.24) is 14.3 Å². The Hall–Kier alpha value is -0.920. The normalized spacial score (nSPS) is 20.5. The summed E-state index contributed by atoms with van der Waals surface area (Å²) in [6.07, 6.45) is 3.70. The maximum Gasteiger partial charge on any atom is 0.211 e. The smallest absolute Gasteiger partial charge is 0.211 e. The molecule has 0 amide bonds. The first-order valence-electron chi connectivity index (χ1n) is 7.06.